The van der Waals surface area contributed by atoms with Crippen LogP contribution in [0.5, 0.6) is 0 Å². The van der Waals surface area contributed by atoms with E-state index < -0.39 is 0 Å². The lowest BCUT2D eigenvalue weighted by Gasteiger charge is -1.93. The Hall–Kier alpha value is -1.26. The number of hydrogen-bond donors (Lipinski definition) is 0. The predicted octanol–water partition coefficient (Wildman–Crippen LogP) is 0.390. The van der Waals surface area contributed by atoms with Gasteiger partial charge in [-0.25, -0.2) is 0 Å². The molecule has 1 aromatic rings. The Morgan fingerprint density at radius 1 is 1.60 bits per heavy atom. The second-order valence-electron chi connectivity index (χ2n) is 2.01. The van der Waals surface area contributed by atoms with E-state index in [4.69, 9.17) is 0 Å². The first-order valence-electron chi connectivity index (χ1n) is 2.89. The van der Waals surface area contributed by atoms with E-state index in [1.807, 2.05) is 6.92 Å². The Morgan fingerprint density at radius 2 is 2.30 bits per heavy atom. The molecule has 0 spiro atoms. The van der Waals surface area contributed by atoms with Gasteiger partial charge in [-0.1, -0.05) is 5.18 Å². The molecule has 0 aliphatic carbocycles. The predicted molar refractivity (Wildman–Crippen MR) is 35.2 cm³/mol. The van der Waals surface area contributed by atoms with Crippen LogP contribution in [0, 0.1) is 11.8 Å². The van der Waals surface area contributed by atoms with Crippen molar-refractivity contribution >= 4 is 0 Å². The first-order chi connectivity index (χ1) is 4.75. The van der Waals surface area contributed by atoms with Crippen LogP contribution < -0.4 is 0 Å². The molecule has 5 nitrogen and oxygen atoms in total. The molecule has 0 aliphatic rings. The van der Waals surface area contributed by atoms with Gasteiger partial charge in [0, 0.05) is 7.05 Å². The smallest absolute Gasteiger partial charge is 0.158 e. The van der Waals surface area contributed by atoms with Crippen LogP contribution in [0.25, 0.3) is 0 Å². The lowest BCUT2D eigenvalue weighted by atomic mass is 10.6. The minimum atomic E-state index is 0.0946. The molecule has 0 fully saturated rings. The molecule has 0 aromatic carbocycles. The number of nitrogens with zero attached hydrogens (tertiary/aromatic N) is 4. The summed E-state index contributed by atoms with van der Waals surface area (Å²) in [6, 6.07) is 0. The average molecular weight is 140 g/mol. The monoisotopic (exact) mass is 140 g/mol. The molecule has 1 heterocycles. The Morgan fingerprint density at radius 3 is 2.70 bits per heavy atom. The highest BCUT2D eigenvalue weighted by Crippen LogP contribution is 1.97. The third-order valence-electron chi connectivity index (χ3n) is 1.39. The fourth-order valence-electron chi connectivity index (χ4n) is 0.646. The van der Waals surface area contributed by atoms with Crippen molar-refractivity contribution in [1.29, 1.82) is 0 Å². The summed E-state index contributed by atoms with van der Waals surface area (Å²) < 4.78 is 1.74. The first kappa shape index (κ1) is 6.85. The molecule has 0 N–H and O–H groups in total. The van der Waals surface area contributed by atoms with Gasteiger partial charge >= 0.3 is 0 Å². The summed E-state index contributed by atoms with van der Waals surface area (Å²) in [5.74, 6) is 1.39. The highest BCUT2D eigenvalue weighted by molar-refractivity contribution is 4.91. The molecule has 1 aromatic heterocycles. The standard InChI is InChI=1S/C5H8N4O/c1-4-7-8-5(3-6-10)9(4)2/h3H2,1-2H3. The van der Waals surface area contributed by atoms with E-state index in [1.165, 1.54) is 0 Å². The Bertz CT molecular complexity index is 242. The molecule has 0 saturated heterocycles. The van der Waals surface area contributed by atoms with Gasteiger partial charge in [0.05, 0.1) is 0 Å². The zero-order valence-electron chi connectivity index (χ0n) is 5.90. The number of aromatic nitrogens is 3. The fraction of sp³-hybridized carbons (Fsp3) is 0.600. The molecule has 0 atom stereocenters. The van der Waals surface area contributed by atoms with Crippen LogP contribution in [0.2, 0.25) is 0 Å². The number of nitroso groups, excluding NO2 is 1. The topological polar surface area (TPSA) is 60.1 Å². The van der Waals surface area contributed by atoms with Crippen molar-refractivity contribution in [3.8, 4) is 0 Å². The van der Waals surface area contributed by atoms with Gasteiger partial charge in [-0.3, -0.25) is 0 Å². The van der Waals surface area contributed by atoms with Crippen molar-refractivity contribution < 1.29 is 0 Å². The minimum Gasteiger partial charge on any atom is -0.317 e. The van der Waals surface area contributed by atoms with Gasteiger partial charge in [0.15, 0.2) is 5.82 Å². The zero-order valence-corrected chi connectivity index (χ0v) is 5.90. The van der Waals surface area contributed by atoms with Gasteiger partial charge in [0.2, 0.25) is 0 Å². The van der Waals surface area contributed by atoms with E-state index in [9.17, 15) is 4.91 Å². The van der Waals surface area contributed by atoms with Gasteiger partial charge in [-0.2, -0.15) is 4.91 Å². The average Bonchev–Trinajstić information content (AvgIpc) is 2.20. The van der Waals surface area contributed by atoms with Crippen LogP contribution in [0.4, 0.5) is 0 Å². The van der Waals surface area contributed by atoms with E-state index in [0.717, 1.165) is 5.82 Å². The SMILES string of the molecule is Cc1nnc(CN=O)n1C. The second-order valence-corrected chi connectivity index (χ2v) is 2.01. The van der Waals surface area contributed by atoms with Crippen LogP contribution in [-0.2, 0) is 13.6 Å². The van der Waals surface area contributed by atoms with E-state index >= 15 is 0 Å². The van der Waals surface area contributed by atoms with E-state index in [-0.39, 0.29) is 6.54 Å². The minimum absolute atomic E-state index is 0.0946. The van der Waals surface area contributed by atoms with E-state index in [0.29, 0.717) is 5.82 Å². The molecule has 0 amide bonds. The van der Waals surface area contributed by atoms with Crippen LogP contribution in [-0.4, -0.2) is 14.8 Å². The van der Waals surface area contributed by atoms with Gasteiger partial charge < -0.3 is 4.57 Å². The summed E-state index contributed by atoms with van der Waals surface area (Å²) in [5.41, 5.74) is 0. The molecule has 54 valence electrons. The van der Waals surface area contributed by atoms with Crippen molar-refractivity contribution in [2.24, 2.45) is 12.2 Å². The number of rotatable bonds is 2. The Kier molecular flexibility index (Phi) is 1.75. The molecule has 0 bridgehead atoms. The first-order valence-corrected chi connectivity index (χ1v) is 2.89. The number of aryl methyl sites for hydroxylation is 1. The van der Waals surface area contributed by atoms with Crippen molar-refractivity contribution in [3.63, 3.8) is 0 Å². The fourth-order valence-corrected chi connectivity index (χ4v) is 0.646. The zero-order chi connectivity index (χ0) is 7.56. The quantitative estimate of drug-likeness (QED) is 0.558. The molecule has 0 unspecified atom stereocenters. The normalized spacial score (nSPS) is 9.80. The highest BCUT2D eigenvalue weighted by Gasteiger charge is 2.02. The molecular weight excluding hydrogens is 132 g/mol. The summed E-state index contributed by atoms with van der Waals surface area (Å²) in [4.78, 5) is 9.80. The van der Waals surface area contributed by atoms with Gasteiger partial charge in [-0.15, -0.1) is 10.2 Å². The summed E-state index contributed by atoms with van der Waals surface area (Å²) in [6.45, 7) is 1.92. The molecule has 0 saturated carbocycles. The molecule has 0 radical (unpaired) electrons. The Balaban J connectivity index is 2.93. The molecule has 10 heavy (non-hydrogen) atoms. The third kappa shape index (κ3) is 1.02. The third-order valence-corrected chi connectivity index (χ3v) is 1.39. The lowest BCUT2D eigenvalue weighted by Crippen LogP contribution is -1.97. The maximum Gasteiger partial charge on any atom is 0.158 e. The van der Waals surface area contributed by atoms with Gasteiger partial charge in [0.1, 0.15) is 12.4 Å². The largest absolute Gasteiger partial charge is 0.317 e. The maximum absolute atomic E-state index is 9.80. The van der Waals surface area contributed by atoms with Crippen LogP contribution >= 0.6 is 0 Å². The Labute approximate surface area is 58.0 Å². The van der Waals surface area contributed by atoms with Gasteiger partial charge in [-0.05, 0) is 6.92 Å². The molecule has 1 rings (SSSR count). The van der Waals surface area contributed by atoms with Crippen molar-refractivity contribution in [2.75, 3.05) is 0 Å². The van der Waals surface area contributed by atoms with E-state index in [2.05, 4.69) is 15.4 Å². The van der Waals surface area contributed by atoms with E-state index in [1.54, 1.807) is 11.6 Å². The summed E-state index contributed by atoms with van der Waals surface area (Å²) >= 11 is 0. The lowest BCUT2D eigenvalue weighted by molar-refractivity contribution is 0.772. The van der Waals surface area contributed by atoms with Gasteiger partial charge in [0.25, 0.3) is 0 Å². The van der Waals surface area contributed by atoms with Crippen LogP contribution in [0.3, 0.4) is 0 Å². The highest BCUT2D eigenvalue weighted by atomic mass is 16.3. The van der Waals surface area contributed by atoms with Crippen molar-refractivity contribution in [2.45, 2.75) is 13.5 Å². The van der Waals surface area contributed by atoms with Crippen LogP contribution in [0.15, 0.2) is 5.18 Å². The maximum atomic E-state index is 9.80. The number of hydrogen-bond acceptors (Lipinski definition) is 4. The molecule has 5 heteroatoms. The molecular formula is C5H8N4O. The van der Waals surface area contributed by atoms with Crippen molar-refractivity contribution in [1.82, 2.24) is 14.8 Å². The summed E-state index contributed by atoms with van der Waals surface area (Å²) in [6.07, 6.45) is 0. The summed E-state index contributed by atoms with van der Waals surface area (Å²) in [5, 5.41) is 10.2. The second kappa shape index (κ2) is 2.55. The summed E-state index contributed by atoms with van der Waals surface area (Å²) in [7, 11) is 1.80. The van der Waals surface area contributed by atoms with Crippen LogP contribution in [0.1, 0.15) is 11.6 Å². The van der Waals surface area contributed by atoms with Crippen molar-refractivity contribution in [3.05, 3.63) is 16.6 Å². The molecule has 0 aliphatic heterocycles.